The molecule has 0 rings (SSSR count). The molecule has 23 heavy (non-hydrogen) atoms. The predicted molar refractivity (Wildman–Crippen MR) is 93.1 cm³/mol. The van der Waals surface area contributed by atoms with Gasteiger partial charge < -0.3 is 9.47 Å². The van der Waals surface area contributed by atoms with Crippen LogP contribution < -0.4 is 0 Å². The van der Waals surface area contributed by atoms with Gasteiger partial charge in [0.05, 0.1) is 6.61 Å². The van der Waals surface area contributed by atoms with Crippen molar-refractivity contribution in [3.05, 3.63) is 12.2 Å². The maximum Gasteiger partial charge on any atom is 0.331 e. The third-order valence-corrected chi connectivity index (χ3v) is 3.84. The van der Waals surface area contributed by atoms with Crippen molar-refractivity contribution in [2.24, 2.45) is 5.92 Å². The summed E-state index contributed by atoms with van der Waals surface area (Å²) in [6.07, 6.45) is 11.7. The van der Waals surface area contributed by atoms with Crippen molar-refractivity contribution in [1.82, 2.24) is 0 Å². The van der Waals surface area contributed by atoms with Gasteiger partial charge in [-0.25, -0.2) is 9.59 Å². The summed E-state index contributed by atoms with van der Waals surface area (Å²) in [6.45, 7) is 8.40. The van der Waals surface area contributed by atoms with E-state index < -0.39 is 11.9 Å². The van der Waals surface area contributed by atoms with Crippen molar-refractivity contribution in [1.29, 1.82) is 0 Å². The van der Waals surface area contributed by atoms with Gasteiger partial charge in [-0.1, -0.05) is 65.7 Å². The van der Waals surface area contributed by atoms with Gasteiger partial charge in [-0.05, 0) is 19.3 Å². The van der Waals surface area contributed by atoms with Gasteiger partial charge in [0.1, 0.15) is 6.10 Å². The van der Waals surface area contributed by atoms with E-state index in [4.69, 9.17) is 9.47 Å². The molecule has 4 heteroatoms. The van der Waals surface area contributed by atoms with Crippen LogP contribution in [-0.2, 0) is 19.1 Å². The van der Waals surface area contributed by atoms with E-state index >= 15 is 0 Å². The lowest BCUT2D eigenvalue weighted by Gasteiger charge is -2.14. The van der Waals surface area contributed by atoms with Gasteiger partial charge in [0, 0.05) is 12.2 Å². The van der Waals surface area contributed by atoms with Gasteiger partial charge >= 0.3 is 11.9 Å². The molecule has 0 saturated heterocycles. The molecule has 1 atom stereocenters. The zero-order valence-corrected chi connectivity index (χ0v) is 15.3. The summed E-state index contributed by atoms with van der Waals surface area (Å²) in [6, 6.07) is 0. The molecule has 0 fully saturated rings. The number of esters is 2. The zero-order valence-electron chi connectivity index (χ0n) is 15.3. The van der Waals surface area contributed by atoms with Gasteiger partial charge in [-0.3, -0.25) is 0 Å². The third kappa shape index (κ3) is 14.0. The fourth-order valence-electron chi connectivity index (χ4n) is 1.95. The Kier molecular flexibility index (Phi) is 13.5. The molecular formula is C19H34O4. The highest BCUT2D eigenvalue weighted by molar-refractivity contribution is 5.91. The average molecular weight is 326 g/mol. The Morgan fingerprint density at radius 1 is 0.826 bits per heavy atom. The molecule has 0 aliphatic heterocycles. The number of unbranched alkanes of at least 4 members (excludes halogenated alkanes) is 7. The molecule has 134 valence electrons. The van der Waals surface area contributed by atoms with Gasteiger partial charge in [-0.2, -0.15) is 0 Å². The quantitative estimate of drug-likeness (QED) is 0.277. The summed E-state index contributed by atoms with van der Waals surface area (Å²) in [5.41, 5.74) is 0. The van der Waals surface area contributed by atoms with Crippen molar-refractivity contribution in [2.75, 3.05) is 6.61 Å². The van der Waals surface area contributed by atoms with E-state index in [0.717, 1.165) is 25.0 Å². The molecule has 0 N–H and O–H groups in total. The topological polar surface area (TPSA) is 52.6 Å². The Labute approximate surface area is 141 Å². The van der Waals surface area contributed by atoms with Gasteiger partial charge in [0.25, 0.3) is 0 Å². The van der Waals surface area contributed by atoms with Gasteiger partial charge in [0.2, 0.25) is 0 Å². The lowest BCUT2D eigenvalue weighted by Crippen LogP contribution is -2.19. The summed E-state index contributed by atoms with van der Waals surface area (Å²) in [7, 11) is 0. The minimum atomic E-state index is -0.504. The maximum absolute atomic E-state index is 11.5. The van der Waals surface area contributed by atoms with Crippen molar-refractivity contribution in [3.63, 3.8) is 0 Å². The number of carbonyl (C=O) groups excluding carboxylic acids is 2. The second-order valence-corrected chi connectivity index (χ2v) is 6.36. The molecule has 4 nitrogen and oxygen atoms in total. The summed E-state index contributed by atoms with van der Waals surface area (Å²) in [5.74, 6) is -0.737. The first-order valence-electron chi connectivity index (χ1n) is 9.02. The molecule has 0 aromatic carbocycles. The summed E-state index contributed by atoms with van der Waals surface area (Å²) < 4.78 is 10.2. The highest BCUT2D eigenvalue weighted by Gasteiger charge is 2.11. The van der Waals surface area contributed by atoms with E-state index in [9.17, 15) is 9.59 Å². The Bertz CT molecular complexity index is 347. The van der Waals surface area contributed by atoms with E-state index in [-0.39, 0.29) is 12.0 Å². The minimum Gasteiger partial charge on any atom is -0.463 e. The van der Waals surface area contributed by atoms with E-state index in [2.05, 4.69) is 6.92 Å². The van der Waals surface area contributed by atoms with Crippen LogP contribution >= 0.6 is 0 Å². The van der Waals surface area contributed by atoms with Crippen LogP contribution in [0.25, 0.3) is 0 Å². The first-order chi connectivity index (χ1) is 11.0. The summed E-state index contributed by atoms with van der Waals surface area (Å²) in [5, 5.41) is 0. The summed E-state index contributed by atoms with van der Waals surface area (Å²) >= 11 is 0. The predicted octanol–water partition coefficient (Wildman–Crippen LogP) is 4.81. The van der Waals surface area contributed by atoms with Crippen LogP contribution in [0.15, 0.2) is 12.2 Å². The minimum absolute atomic E-state index is 0.166. The number of hydrogen-bond donors (Lipinski definition) is 0. The maximum atomic E-state index is 11.5. The van der Waals surface area contributed by atoms with Crippen molar-refractivity contribution < 1.29 is 19.1 Å². The number of ether oxygens (including phenoxy) is 2. The molecule has 0 saturated carbocycles. The van der Waals surface area contributed by atoms with E-state index in [1.54, 1.807) is 0 Å². The van der Waals surface area contributed by atoms with Crippen LogP contribution in [0.2, 0.25) is 0 Å². The first kappa shape index (κ1) is 21.7. The molecule has 0 heterocycles. The molecular weight excluding hydrogens is 292 g/mol. The number of carbonyl (C=O) groups is 2. The third-order valence-electron chi connectivity index (χ3n) is 3.84. The van der Waals surface area contributed by atoms with Gasteiger partial charge in [-0.15, -0.1) is 0 Å². The monoisotopic (exact) mass is 326 g/mol. The second-order valence-electron chi connectivity index (χ2n) is 6.36. The Balaban J connectivity index is 3.59. The van der Waals surface area contributed by atoms with Crippen molar-refractivity contribution in [3.8, 4) is 0 Å². The SMILES string of the molecule is CCCCCCCCCCOC(=O)/C=C/C(=O)OC(C)C(C)C. The van der Waals surface area contributed by atoms with E-state index in [0.29, 0.717) is 6.61 Å². The van der Waals surface area contributed by atoms with E-state index in [1.807, 2.05) is 20.8 Å². The standard InChI is InChI=1S/C19H34O4/c1-5-6-7-8-9-10-11-12-15-22-18(20)13-14-19(21)23-17(4)16(2)3/h13-14,16-17H,5-12,15H2,1-4H3/b14-13+. The molecule has 0 aliphatic carbocycles. The molecule has 1 unspecified atom stereocenters. The molecule has 0 spiro atoms. The fourth-order valence-corrected chi connectivity index (χ4v) is 1.95. The average Bonchev–Trinajstić information content (AvgIpc) is 2.51. The van der Waals surface area contributed by atoms with Crippen LogP contribution in [-0.4, -0.2) is 24.6 Å². The first-order valence-corrected chi connectivity index (χ1v) is 9.02. The highest BCUT2D eigenvalue weighted by Crippen LogP contribution is 2.08. The number of hydrogen-bond acceptors (Lipinski definition) is 4. The molecule has 0 amide bonds. The molecule has 0 aromatic rings. The van der Waals surface area contributed by atoms with Crippen LogP contribution in [0.4, 0.5) is 0 Å². The largest absolute Gasteiger partial charge is 0.463 e. The summed E-state index contributed by atoms with van der Waals surface area (Å²) in [4.78, 5) is 22.9. The van der Waals surface area contributed by atoms with Crippen molar-refractivity contribution in [2.45, 2.75) is 85.2 Å². The molecule has 0 radical (unpaired) electrons. The second kappa shape index (κ2) is 14.3. The Hall–Kier alpha value is -1.32. The number of rotatable bonds is 13. The van der Waals surface area contributed by atoms with Crippen LogP contribution in [0.3, 0.4) is 0 Å². The van der Waals surface area contributed by atoms with Gasteiger partial charge in [0.15, 0.2) is 0 Å². The smallest absolute Gasteiger partial charge is 0.331 e. The lowest BCUT2D eigenvalue weighted by molar-refractivity contribution is -0.145. The Morgan fingerprint density at radius 3 is 1.91 bits per heavy atom. The fraction of sp³-hybridized carbons (Fsp3) is 0.789. The van der Waals surface area contributed by atoms with Crippen molar-refractivity contribution >= 4 is 11.9 Å². The highest BCUT2D eigenvalue weighted by atomic mass is 16.5. The lowest BCUT2D eigenvalue weighted by atomic mass is 10.1. The molecule has 0 aromatic heterocycles. The molecule has 0 aliphatic rings. The van der Waals surface area contributed by atoms with E-state index in [1.165, 1.54) is 38.5 Å². The Morgan fingerprint density at radius 2 is 1.35 bits per heavy atom. The van der Waals surface area contributed by atoms with Crippen LogP contribution in [0.1, 0.15) is 79.1 Å². The van der Waals surface area contributed by atoms with Crippen LogP contribution in [0, 0.1) is 5.92 Å². The normalized spacial score (nSPS) is 12.6. The zero-order chi connectivity index (χ0) is 17.5. The van der Waals surface area contributed by atoms with Crippen LogP contribution in [0.5, 0.6) is 0 Å². The molecule has 0 bridgehead atoms.